The predicted octanol–water partition coefficient (Wildman–Crippen LogP) is 3.59. The highest BCUT2D eigenvalue weighted by molar-refractivity contribution is 5.77. The Kier molecular flexibility index (Phi) is 7.11. The summed E-state index contributed by atoms with van der Waals surface area (Å²) in [5.41, 5.74) is 2.42. The van der Waals surface area contributed by atoms with E-state index in [1.807, 2.05) is 18.2 Å². The Morgan fingerprint density at radius 1 is 1.36 bits per heavy atom. The average molecular weight is 359 g/mol. The lowest BCUT2D eigenvalue weighted by Crippen LogP contribution is -2.28. The number of carbonyl (C=O) groups is 1. The van der Waals surface area contributed by atoms with Crippen molar-refractivity contribution in [2.75, 3.05) is 26.9 Å². The van der Waals surface area contributed by atoms with Gasteiger partial charge in [0.2, 0.25) is 5.91 Å². The summed E-state index contributed by atoms with van der Waals surface area (Å²) in [6, 6.07) is 5.96. The zero-order chi connectivity index (χ0) is 18.3. The summed E-state index contributed by atoms with van der Waals surface area (Å²) >= 11 is 0. The molecule has 7 heteroatoms. The van der Waals surface area contributed by atoms with Crippen LogP contribution in [0.1, 0.15) is 42.7 Å². The highest BCUT2D eigenvalue weighted by atomic mass is 19.4. The molecule has 25 heavy (non-hydrogen) atoms. The SMILES string of the molecule is COc1ccc2c(c1)CCCC2CC(=O)NCCCOCC(F)(F)F. The Balaban J connectivity index is 1.73. The third-order valence-electron chi connectivity index (χ3n) is 4.27. The Morgan fingerprint density at radius 3 is 2.88 bits per heavy atom. The maximum absolute atomic E-state index is 12.1. The number of methoxy groups -OCH3 is 1. The monoisotopic (exact) mass is 359 g/mol. The van der Waals surface area contributed by atoms with Gasteiger partial charge in [-0.2, -0.15) is 13.2 Å². The summed E-state index contributed by atoms with van der Waals surface area (Å²) in [5.74, 6) is 0.920. The fourth-order valence-electron chi connectivity index (χ4n) is 3.12. The number of rotatable bonds is 8. The average Bonchev–Trinajstić information content (AvgIpc) is 2.56. The molecule has 4 nitrogen and oxygen atoms in total. The molecule has 0 saturated heterocycles. The number of aryl methyl sites for hydroxylation is 1. The zero-order valence-electron chi connectivity index (χ0n) is 14.3. The molecular weight excluding hydrogens is 335 g/mol. The van der Waals surface area contributed by atoms with E-state index in [0.29, 0.717) is 19.4 Å². The maximum Gasteiger partial charge on any atom is 0.411 e. The van der Waals surface area contributed by atoms with E-state index < -0.39 is 12.8 Å². The smallest absolute Gasteiger partial charge is 0.411 e. The molecule has 1 unspecified atom stereocenters. The molecule has 1 aliphatic carbocycles. The van der Waals surface area contributed by atoms with Crippen molar-refractivity contribution in [1.29, 1.82) is 0 Å². The number of hydrogen-bond donors (Lipinski definition) is 1. The van der Waals surface area contributed by atoms with Gasteiger partial charge in [-0.1, -0.05) is 6.07 Å². The number of benzene rings is 1. The molecule has 0 heterocycles. The van der Waals surface area contributed by atoms with Crippen LogP contribution >= 0.6 is 0 Å². The number of amides is 1. The van der Waals surface area contributed by atoms with E-state index in [1.54, 1.807) is 7.11 Å². The molecule has 0 aliphatic heterocycles. The van der Waals surface area contributed by atoms with E-state index in [2.05, 4.69) is 10.1 Å². The van der Waals surface area contributed by atoms with E-state index in [4.69, 9.17) is 4.74 Å². The highest BCUT2D eigenvalue weighted by Gasteiger charge is 2.27. The summed E-state index contributed by atoms with van der Waals surface area (Å²) < 4.78 is 45.5. The standard InChI is InChI=1S/C18H24F3NO3/c1-24-15-6-7-16-13(10-15)4-2-5-14(16)11-17(23)22-8-3-9-25-12-18(19,20)21/h6-7,10,14H,2-5,8-9,11-12H2,1H3,(H,22,23). The van der Waals surface area contributed by atoms with Gasteiger partial charge in [-0.3, -0.25) is 4.79 Å². The molecule has 140 valence electrons. The predicted molar refractivity (Wildman–Crippen MR) is 87.8 cm³/mol. The molecule has 1 N–H and O–H groups in total. The number of alkyl halides is 3. The molecule has 0 aromatic heterocycles. The minimum atomic E-state index is -4.31. The molecule has 1 atom stereocenters. The first-order valence-electron chi connectivity index (χ1n) is 8.47. The molecule has 0 bridgehead atoms. The number of halogens is 3. The molecule has 1 aromatic carbocycles. The van der Waals surface area contributed by atoms with Crippen LogP contribution in [-0.2, 0) is 16.0 Å². The van der Waals surface area contributed by atoms with Gasteiger partial charge in [0.05, 0.1) is 7.11 Å². The van der Waals surface area contributed by atoms with Gasteiger partial charge in [0.1, 0.15) is 12.4 Å². The maximum atomic E-state index is 12.1. The van der Waals surface area contributed by atoms with Crippen LogP contribution in [-0.4, -0.2) is 39.0 Å². The summed E-state index contributed by atoms with van der Waals surface area (Å²) in [6.07, 6.45) is -0.574. The van der Waals surface area contributed by atoms with Crippen molar-refractivity contribution in [3.63, 3.8) is 0 Å². The van der Waals surface area contributed by atoms with Gasteiger partial charge >= 0.3 is 6.18 Å². The molecule has 1 aromatic rings. The van der Waals surface area contributed by atoms with Gasteiger partial charge < -0.3 is 14.8 Å². The third-order valence-corrected chi connectivity index (χ3v) is 4.27. The topological polar surface area (TPSA) is 47.6 Å². The van der Waals surface area contributed by atoms with E-state index in [9.17, 15) is 18.0 Å². The Bertz CT molecular complexity index is 575. The molecule has 0 saturated carbocycles. The number of hydrogen-bond acceptors (Lipinski definition) is 3. The minimum absolute atomic E-state index is 0.0220. The third kappa shape index (κ3) is 6.57. The summed E-state index contributed by atoms with van der Waals surface area (Å²) in [6.45, 7) is -0.950. The lowest BCUT2D eigenvalue weighted by atomic mass is 9.81. The molecule has 1 aliphatic rings. The summed E-state index contributed by atoms with van der Waals surface area (Å²) in [4.78, 5) is 12.1. The number of carbonyl (C=O) groups excluding carboxylic acids is 1. The van der Waals surface area contributed by atoms with Crippen LogP contribution in [0.25, 0.3) is 0 Å². The first-order chi connectivity index (χ1) is 11.9. The summed E-state index contributed by atoms with van der Waals surface area (Å²) in [5, 5.41) is 2.76. The van der Waals surface area contributed by atoms with E-state index in [0.717, 1.165) is 25.0 Å². The van der Waals surface area contributed by atoms with Crippen molar-refractivity contribution < 1.29 is 27.4 Å². The Morgan fingerprint density at radius 2 is 2.16 bits per heavy atom. The van der Waals surface area contributed by atoms with Crippen LogP contribution in [0.5, 0.6) is 5.75 Å². The van der Waals surface area contributed by atoms with Crippen LogP contribution in [0.4, 0.5) is 13.2 Å². The number of ether oxygens (including phenoxy) is 2. The van der Waals surface area contributed by atoms with Gasteiger partial charge in [0.25, 0.3) is 0 Å². The minimum Gasteiger partial charge on any atom is -0.497 e. The molecule has 0 radical (unpaired) electrons. The van der Waals surface area contributed by atoms with Crippen LogP contribution in [0.2, 0.25) is 0 Å². The van der Waals surface area contributed by atoms with Crippen molar-refractivity contribution in [2.45, 2.75) is 44.2 Å². The number of nitrogens with one attached hydrogen (secondary N) is 1. The van der Waals surface area contributed by atoms with Gasteiger partial charge in [-0.15, -0.1) is 0 Å². The van der Waals surface area contributed by atoms with Crippen LogP contribution < -0.4 is 10.1 Å². The van der Waals surface area contributed by atoms with Crippen molar-refractivity contribution >= 4 is 5.91 Å². The second kappa shape index (κ2) is 9.08. The van der Waals surface area contributed by atoms with Crippen molar-refractivity contribution in [2.24, 2.45) is 0 Å². The second-order valence-corrected chi connectivity index (χ2v) is 6.23. The van der Waals surface area contributed by atoms with Gasteiger partial charge in [-0.05, 0) is 54.9 Å². The Labute approximate surface area is 145 Å². The van der Waals surface area contributed by atoms with Crippen molar-refractivity contribution in [1.82, 2.24) is 5.32 Å². The van der Waals surface area contributed by atoms with Gasteiger partial charge in [-0.25, -0.2) is 0 Å². The lowest BCUT2D eigenvalue weighted by molar-refractivity contribution is -0.174. The van der Waals surface area contributed by atoms with Gasteiger partial charge in [0, 0.05) is 19.6 Å². The Hall–Kier alpha value is -1.76. The molecule has 0 spiro atoms. The second-order valence-electron chi connectivity index (χ2n) is 6.23. The van der Waals surface area contributed by atoms with Crippen LogP contribution in [0.3, 0.4) is 0 Å². The normalized spacial score (nSPS) is 17.0. The molecule has 2 rings (SSSR count). The van der Waals surface area contributed by atoms with E-state index in [-0.39, 0.29) is 18.4 Å². The first-order valence-corrected chi connectivity index (χ1v) is 8.47. The fourth-order valence-corrected chi connectivity index (χ4v) is 3.12. The highest BCUT2D eigenvalue weighted by Crippen LogP contribution is 2.35. The van der Waals surface area contributed by atoms with Crippen LogP contribution in [0.15, 0.2) is 18.2 Å². The fraction of sp³-hybridized carbons (Fsp3) is 0.611. The largest absolute Gasteiger partial charge is 0.497 e. The van der Waals surface area contributed by atoms with E-state index >= 15 is 0 Å². The first kappa shape index (κ1) is 19.6. The molecule has 1 amide bonds. The molecular formula is C18H24F3NO3. The lowest BCUT2D eigenvalue weighted by Gasteiger charge is -2.25. The number of fused-ring (bicyclic) bond motifs is 1. The quantitative estimate of drug-likeness (QED) is 0.722. The van der Waals surface area contributed by atoms with Gasteiger partial charge in [0.15, 0.2) is 0 Å². The zero-order valence-corrected chi connectivity index (χ0v) is 14.3. The van der Waals surface area contributed by atoms with Crippen LogP contribution in [0, 0.1) is 0 Å². The van der Waals surface area contributed by atoms with Crippen molar-refractivity contribution in [3.8, 4) is 5.75 Å². The van der Waals surface area contributed by atoms with E-state index in [1.165, 1.54) is 11.1 Å². The van der Waals surface area contributed by atoms with Crippen molar-refractivity contribution in [3.05, 3.63) is 29.3 Å². The molecule has 0 fully saturated rings. The summed E-state index contributed by atoms with van der Waals surface area (Å²) in [7, 11) is 1.63.